The maximum absolute atomic E-state index is 12.7. The van der Waals surface area contributed by atoms with E-state index in [0.29, 0.717) is 50.1 Å². The second kappa shape index (κ2) is 9.36. The summed E-state index contributed by atoms with van der Waals surface area (Å²) in [6.45, 7) is 6.91. The lowest BCUT2D eigenvalue weighted by Gasteiger charge is -2.35. The number of anilines is 1. The van der Waals surface area contributed by atoms with Gasteiger partial charge in [-0.2, -0.15) is 13.2 Å². The Bertz CT molecular complexity index is 828. The summed E-state index contributed by atoms with van der Waals surface area (Å²) >= 11 is 0. The summed E-state index contributed by atoms with van der Waals surface area (Å²) in [6.07, 6.45) is -2.58. The van der Waals surface area contributed by atoms with Gasteiger partial charge in [-0.1, -0.05) is 13.8 Å². The fourth-order valence-electron chi connectivity index (χ4n) is 3.17. The third kappa shape index (κ3) is 5.64. The highest BCUT2D eigenvalue weighted by atomic mass is 19.4. The third-order valence-electron chi connectivity index (χ3n) is 5.03. The lowest BCUT2D eigenvalue weighted by molar-refractivity contribution is -0.137. The van der Waals surface area contributed by atoms with Crippen molar-refractivity contribution >= 4 is 11.7 Å². The molecule has 5 nitrogen and oxygen atoms in total. The highest BCUT2D eigenvalue weighted by molar-refractivity contribution is 5.94. The molecule has 0 aliphatic carbocycles. The standard InChI is InChI=1S/C22H26F3N3O2/c1-16(2)9-14-30-19-6-3-17(4-7-19)21(29)28-12-10-27(11-13-28)20-8-5-18(15-26-20)22(23,24)25/h3-8,15-16H,9-14H2,1-2H3. The summed E-state index contributed by atoms with van der Waals surface area (Å²) in [6, 6.07) is 9.53. The van der Waals surface area contributed by atoms with Gasteiger partial charge in [-0.25, -0.2) is 4.98 Å². The van der Waals surface area contributed by atoms with Crippen molar-refractivity contribution in [3.05, 3.63) is 53.7 Å². The first-order valence-electron chi connectivity index (χ1n) is 10.0. The second-order valence-electron chi connectivity index (χ2n) is 7.74. The van der Waals surface area contributed by atoms with E-state index in [1.165, 1.54) is 6.07 Å². The first-order chi connectivity index (χ1) is 14.2. The Morgan fingerprint density at radius 2 is 1.73 bits per heavy atom. The van der Waals surface area contributed by atoms with E-state index < -0.39 is 11.7 Å². The minimum absolute atomic E-state index is 0.0660. The third-order valence-corrected chi connectivity index (χ3v) is 5.03. The number of alkyl halides is 3. The lowest BCUT2D eigenvalue weighted by Crippen LogP contribution is -2.49. The van der Waals surface area contributed by atoms with Crippen molar-refractivity contribution in [2.45, 2.75) is 26.4 Å². The fourth-order valence-corrected chi connectivity index (χ4v) is 3.17. The summed E-state index contributed by atoms with van der Waals surface area (Å²) in [4.78, 5) is 20.3. The van der Waals surface area contributed by atoms with E-state index >= 15 is 0 Å². The summed E-state index contributed by atoms with van der Waals surface area (Å²) < 4.78 is 43.7. The van der Waals surface area contributed by atoms with E-state index in [4.69, 9.17) is 4.74 Å². The number of piperazine rings is 1. The molecule has 0 atom stereocenters. The summed E-state index contributed by atoms with van der Waals surface area (Å²) in [5.41, 5.74) is -0.177. The number of ether oxygens (including phenoxy) is 1. The van der Waals surface area contributed by atoms with Crippen LogP contribution in [-0.4, -0.2) is 48.6 Å². The Morgan fingerprint density at radius 1 is 1.07 bits per heavy atom. The van der Waals surface area contributed by atoms with Crippen molar-refractivity contribution in [1.29, 1.82) is 0 Å². The van der Waals surface area contributed by atoms with Gasteiger partial charge in [-0.3, -0.25) is 4.79 Å². The van der Waals surface area contributed by atoms with Crippen molar-refractivity contribution in [1.82, 2.24) is 9.88 Å². The molecule has 0 unspecified atom stereocenters. The average molecular weight is 421 g/mol. The monoisotopic (exact) mass is 421 g/mol. The predicted molar refractivity (Wildman–Crippen MR) is 109 cm³/mol. The number of benzene rings is 1. The Balaban J connectivity index is 1.52. The van der Waals surface area contributed by atoms with Gasteiger partial charge in [-0.15, -0.1) is 0 Å². The van der Waals surface area contributed by atoms with Crippen molar-refractivity contribution in [2.24, 2.45) is 5.92 Å². The van der Waals surface area contributed by atoms with Crippen LogP contribution in [0.4, 0.5) is 19.0 Å². The van der Waals surface area contributed by atoms with Gasteiger partial charge in [-0.05, 0) is 48.7 Å². The predicted octanol–water partition coefficient (Wildman–Crippen LogP) is 4.49. The molecular formula is C22H26F3N3O2. The SMILES string of the molecule is CC(C)CCOc1ccc(C(=O)N2CCN(c3ccc(C(F)(F)F)cn3)CC2)cc1. The normalized spacial score (nSPS) is 14.9. The summed E-state index contributed by atoms with van der Waals surface area (Å²) in [5, 5.41) is 0. The number of hydrogen-bond donors (Lipinski definition) is 0. The Morgan fingerprint density at radius 3 is 2.27 bits per heavy atom. The van der Waals surface area contributed by atoms with Gasteiger partial charge >= 0.3 is 6.18 Å². The van der Waals surface area contributed by atoms with E-state index in [1.807, 2.05) is 4.90 Å². The molecule has 30 heavy (non-hydrogen) atoms. The van der Waals surface area contributed by atoms with Gasteiger partial charge in [0.25, 0.3) is 5.91 Å². The molecule has 0 spiro atoms. The minimum atomic E-state index is -4.40. The highest BCUT2D eigenvalue weighted by Crippen LogP contribution is 2.29. The Kier molecular flexibility index (Phi) is 6.84. The molecule has 1 aromatic carbocycles. The lowest BCUT2D eigenvalue weighted by atomic mass is 10.1. The van der Waals surface area contributed by atoms with Crippen molar-refractivity contribution in [2.75, 3.05) is 37.7 Å². The van der Waals surface area contributed by atoms with Crippen LogP contribution in [0, 0.1) is 5.92 Å². The molecule has 1 fully saturated rings. The molecular weight excluding hydrogens is 395 g/mol. The minimum Gasteiger partial charge on any atom is -0.494 e. The maximum atomic E-state index is 12.7. The van der Waals surface area contributed by atoms with E-state index in [2.05, 4.69) is 18.8 Å². The van der Waals surface area contributed by atoms with Crippen molar-refractivity contribution < 1.29 is 22.7 Å². The van der Waals surface area contributed by atoms with Crippen LogP contribution in [0.1, 0.15) is 36.2 Å². The number of hydrogen-bond acceptors (Lipinski definition) is 4. The molecule has 2 aromatic rings. The maximum Gasteiger partial charge on any atom is 0.417 e. The van der Waals surface area contributed by atoms with Gasteiger partial charge < -0.3 is 14.5 Å². The zero-order valence-electron chi connectivity index (χ0n) is 17.2. The van der Waals surface area contributed by atoms with E-state index in [0.717, 1.165) is 24.4 Å². The molecule has 3 rings (SSSR count). The molecule has 1 saturated heterocycles. The summed E-state index contributed by atoms with van der Waals surface area (Å²) in [7, 11) is 0. The quantitative estimate of drug-likeness (QED) is 0.690. The first kappa shape index (κ1) is 21.9. The van der Waals surface area contributed by atoms with Gasteiger partial charge in [0.05, 0.1) is 12.2 Å². The number of nitrogens with zero attached hydrogens (tertiary/aromatic N) is 3. The van der Waals surface area contributed by atoms with Crippen molar-refractivity contribution in [3.63, 3.8) is 0 Å². The molecule has 1 amide bonds. The van der Waals surface area contributed by atoms with Crippen LogP contribution in [0.2, 0.25) is 0 Å². The van der Waals surface area contributed by atoms with Gasteiger partial charge in [0, 0.05) is 37.9 Å². The van der Waals surface area contributed by atoms with Crippen LogP contribution in [-0.2, 0) is 6.18 Å². The Hall–Kier alpha value is -2.77. The van der Waals surface area contributed by atoms with Crippen LogP contribution in [0.15, 0.2) is 42.6 Å². The zero-order chi connectivity index (χ0) is 21.7. The second-order valence-corrected chi connectivity index (χ2v) is 7.74. The number of amides is 1. The molecule has 1 aliphatic rings. The summed E-state index contributed by atoms with van der Waals surface area (Å²) in [5.74, 6) is 1.73. The molecule has 2 heterocycles. The fraction of sp³-hybridized carbons (Fsp3) is 0.455. The largest absolute Gasteiger partial charge is 0.494 e. The van der Waals surface area contributed by atoms with Crippen LogP contribution < -0.4 is 9.64 Å². The molecule has 0 bridgehead atoms. The number of halogens is 3. The molecule has 0 N–H and O–H groups in total. The molecule has 162 valence electrons. The number of aromatic nitrogens is 1. The number of carbonyl (C=O) groups excluding carboxylic acids is 1. The van der Waals surface area contributed by atoms with E-state index in [-0.39, 0.29) is 5.91 Å². The van der Waals surface area contributed by atoms with Gasteiger partial charge in [0.1, 0.15) is 11.6 Å². The topological polar surface area (TPSA) is 45.7 Å². The zero-order valence-corrected chi connectivity index (χ0v) is 17.2. The number of pyridine rings is 1. The smallest absolute Gasteiger partial charge is 0.417 e. The van der Waals surface area contributed by atoms with Crippen LogP contribution >= 0.6 is 0 Å². The number of carbonyl (C=O) groups is 1. The van der Waals surface area contributed by atoms with Crippen LogP contribution in [0.5, 0.6) is 5.75 Å². The molecule has 0 saturated carbocycles. The molecule has 1 aliphatic heterocycles. The van der Waals surface area contributed by atoms with E-state index in [9.17, 15) is 18.0 Å². The van der Waals surface area contributed by atoms with E-state index in [1.54, 1.807) is 29.2 Å². The van der Waals surface area contributed by atoms with Crippen LogP contribution in [0.3, 0.4) is 0 Å². The van der Waals surface area contributed by atoms with Crippen LogP contribution in [0.25, 0.3) is 0 Å². The highest BCUT2D eigenvalue weighted by Gasteiger charge is 2.31. The van der Waals surface area contributed by atoms with Gasteiger partial charge in [0.15, 0.2) is 0 Å². The van der Waals surface area contributed by atoms with Crippen molar-refractivity contribution in [3.8, 4) is 5.75 Å². The molecule has 1 aromatic heterocycles. The number of rotatable bonds is 6. The Labute approximate surface area is 174 Å². The molecule has 8 heteroatoms. The molecule has 0 radical (unpaired) electrons. The first-order valence-corrected chi connectivity index (χ1v) is 10.0. The average Bonchev–Trinajstić information content (AvgIpc) is 2.73. The van der Waals surface area contributed by atoms with Gasteiger partial charge in [0.2, 0.25) is 0 Å².